The standard InChI is InChI=1S/C26H24N6O3/c1-17-3-6-21(11-18(17)2)32-14-19(12-25(32)33)26(34)30-20-4-7-22(8-5-20)35-24-13-23(28-15-29-24)31-10-9-27-16-31/h3-11,13,15-16,19H,12,14H2,1-2H3,(H,30,34). The van der Waals surface area contributed by atoms with Crippen molar-refractivity contribution in [3.05, 3.63) is 84.7 Å². The third-order valence-corrected chi connectivity index (χ3v) is 6.04. The van der Waals surface area contributed by atoms with Crippen molar-refractivity contribution in [1.82, 2.24) is 19.5 Å². The number of aromatic nitrogens is 4. The van der Waals surface area contributed by atoms with E-state index < -0.39 is 5.92 Å². The van der Waals surface area contributed by atoms with Gasteiger partial charge in [0.15, 0.2) is 0 Å². The Morgan fingerprint density at radius 1 is 1.06 bits per heavy atom. The van der Waals surface area contributed by atoms with E-state index in [1.807, 2.05) is 32.0 Å². The molecule has 4 aromatic rings. The van der Waals surface area contributed by atoms with Crippen LogP contribution in [-0.4, -0.2) is 37.9 Å². The van der Waals surface area contributed by atoms with Crippen LogP contribution in [0.5, 0.6) is 11.6 Å². The van der Waals surface area contributed by atoms with E-state index in [1.54, 1.807) is 58.5 Å². The molecule has 176 valence electrons. The minimum absolute atomic E-state index is 0.0444. The molecule has 35 heavy (non-hydrogen) atoms. The summed E-state index contributed by atoms with van der Waals surface area (Å²) in [5.41, 5.74) is 3.74. The van der Waals surface area contributed by atoms with Crippen LogP contribution >= 0.6 is 0 Å². The largest absolute Gasteiger partial charge is 0.439 e. The van der Waals surface area contributed by atoms with Crippen LogP contribution in [0.15, 0.2) is 73.6 Å². The van der Waals surface area contributed by atoms with E-state index in [0.29, 0.717) is 29.7 Å². The highest BCUT2D eigenvalue weighted by molar-refractivity contribution is 6.03. The summed E-state index contributed by atoms with van der Waals surface area (Å²) in [7, 11) is 0. The van der Waals surface area contributed by atoms with Gasteiger partial charge in [-0.25, -0.2) is 15.0 Å². The molecule has 0 bridgehead atoms. The average molecular weight is 469 g/mol. The number of carbonyl (C=O) groups excluding carboxylic acids is 2. The highest BCUT2D eigenvalue weighted by atomic mass is 16.5. The van der Waals surface area contributed by atoms with Gasteiger partial charge in [0.25, 0.3) is 0 Å². The summed E-state index contributed by atoms with van der Waals surface area (Å²) in [5, 5.41) is 2.91. The average Bonchev–Trinajstić information content (AvgIpc) is 3.53. The van der Waals surface area contributed by atoms with Gasteiger partial charge in [0.1, 0.15) is 24.2 Å². The van der Waals surface area contributed by atoms with Crippen LogP contribution in [-0.2, 0) is 9.59 Å². The molecule has 0 spiro atoms. The topological polar surface area (TPSA) is 102 Å². The third-order valence-electron chi connectivity index (χ3n) is 6.04. The SMILES string of the molecule is Cc1ccc(N2CC(C(=O)Nc3ccc(Oc4cc(-n5ccnc5)ncn4)cc3)CC2=O)cc1C. The Hall–Kier alpha value is -4.53. The molecule has 2 aromatic heterocycles. The molecular formula is C26H24N6O3. The van der Waals surface area contributed by atoms with Gasteiger partial charge in [-0.15, -0.1) is 0 Å². The lowest BCUT2D eigenvalue weighted by atomic mass is 10.1. The van der Waals surface area contributed by atoms with Crippen LogP contribution in [0.3, 0.4) is 0 Å². The van der Waals surface area contributed by atoms with E-state index in [2.05, 4.69) is 20.3 Å². The van der Waals surface area contributed by atoms with Gasteiger partial charge < -0.3 is 15.0 Å². The summed E-state index contributed by atoms with van der Waals surface area (Å²) in [6.45, 7) is 4.41. The molecular weight excluding hydrogens is 444 g/mol. The van der Waals surface area contributed by atoms with Crippen molar-refractivity contribution in [2.45, 2.75) is 20.3 Å². The lowest BCUT2D eigenvalue weighted by Crippen LogP contribution is -2.28. The number of carbonyl (C=O) groups is 2. The number of hydrogen-bond donors (Lipinski definition) is 1. The summed E-state index contributed by atoms with van der Waals surface area (Å²) in [6.07, 6.45) is 6.69. The normalized spacial score (nSPS) is 15.3. The Bertz CT molecular complexity index is 1370. The minimum Gasteiger partial charge on any atom is -0.439 e. The van der Waals surface area contributed by atoms with Crippen LogP contribution < -0.4 is 15.0 Å². The van der Waals surface area contributed by atoms with Crippen LogP contribution in [0, 0.1) is 19.8 Å². The summed E-state index contributed by atoms with van der Waals surface area (Å²) in [4.78, 5) is 39.5. The first-order valence-corrected chi connectivity index (χ1v) is 11.2. The van der Waals surface area contributed by atoms with Crippen molar-refractivity contribution < 1.29 is 14.3 Å². The molecule has 1 aliphatic heterocycles. The molecule has 9 heteroatoms. The van der Waals surface area contributed by atoms with Crippen LogP contribution in [0.2, 0.25) is 0 Å². The Balaban J connectivity index is 1.20. The van der Waals surface area contributed by atoms with Gasteiger partial charge in [0.05, 0.1) is 5.92 Å². The van der Waals surface area contributed by atoms with Crippen molar-refractivity contribution >= 4 is 23.2 Å². The monoisotopic (exact) mass is 468 g/mol. The summed E-state index contributed by atoms with van der Waals surface area (Å²) in [5.74, 6) is 0.947. The quantitative estimate of drug-likeness (QED) is 0.458. The fourth-order valence-corrected chi connectivity index (χ4v) is 3.92. The zero-order valence-corrected chi connectivity index (χ0v) is 19.4. The Labute approximate surface area is 202 Å². The predicted octanol–water partition coefficient (Wildman–Crippen LogP) is 4.06. The van der Waals surface area contributed by atoms with Gasteiger partial charge in [-0.1, -0.05) is 6.07 Å². The predicted molar refractivity (Wildman–Crippen MR) is 131 cm³/mol. The van der Waals surface area contributed by atoms with E-state index in [4.69, 9.17) is 4.74 Å². The Kier molecular flexibility index (Phi) is 5.97. The van der Waals surface area contributed by atoms with Gasteiger partial charge in [0, 0.05) is 42.8 Å². The molecule has 9 nitrogen and oxygen atoms in total. The number of amides is 2. The van der Waals surface area contributed by atoms with E-state index in [9.17, 15) is 9.59 Å². The maximum absolute atomic E-state index is 12.8. The van der Waals surface area contributed by atoms with Gasteiger partial charge in [-0.2, -0.15) is 0 Å². The molecule has 1 N–H and O–H groups in total. The first-order chi connectivity index (χ1) is 17.0. The van der Waals surface area contributed by atoms with Crippen molar-refractivity contribution in [2.24, 2.45) is 5.92 Å². The number of nitrogens with zero attached hydrogens (tertiary/aromatic N) is 5. The third kappa shape index (κ3) is 4.89. The summed E-state index contributed by atoms with van der Waals surface area (Å²) >= 11 is 0. The van der Waals surface area contributed by atoms with Crippen molar-refractivity contribution in [2.75, 3.05) is 16.8 Å². The van der Waals surface area contributed by atoms with Gasteiger partial charge >= 0.3 is 0 Å². The van der Waals surface area contributed by atoms with Crippen molar-refractivity contribution in [1.29, 1.82) is 0 Å². The Morgan fingerprint density at radius 2 is 1.89 bits per heavy atom. The van der Waals surface area contributed by atoms with E-state index in [1.165, 1.54) is 11.9 Å². The first kappa shape index (κ1) is 22.3. The zero-order chi connectivity index (χ0) is 24.4. The second-order valence-corrected chi connectivity index (χ2v) is 8.47. The number of ether oxygens (including phenoxy) is 1. The number of imidazole rings is 1. The maximum atomic E-state index is 12.8. The highest BCUT2D eigenvalue weighted by Crippen LogP contribution is 2.28. The van der Waals surface area contributed by atoms with Crippen LogP contribution in [0.4, 0.5) is 11.4 Å². The smallest absolute Gasteiger partial charge is 0.229 e. The van der Waals surface area contributed by atoms with E-state index >= 15 is 0 Å². The fraction of sp³-hybridized carbons (Fsp3) is 0.192. The number of anilines is 2. The molecule has 1 fully saturated rings. The number of benzene rings is 2. The lowest BCUT2D eigenvalue weighted by molar-refractivity contribution is -0.122. The molecule has 0 aliphatic carbocycles. The molecule has 1 unspecified atom stereocenters. The summed E-state index contributed by atoms with van der Waals surface area (Å²) < 4.78 is 7.58. The highest BCUT2D eigenvalue weighted by Gasteiger charge is 2.35. The van der Waals surface area contributed by atoms with Crippen molar-refractivity contribution in [3.8, 4) is 17.4 Å². The van der Waals surface area contributed by atoms with Crippen molar-refractivity contribution in [3.63, 3.8) is 0 Å². The zero-order valence-electron chi connectivity index (χ0n) is 19.4. The molecule has 1 aliphatic rings. The first-order valence-electron chi connectivity index (χ1n) is 11.2. The van der Waals surface area contributed by atoms with Gasteiger partial charge in [0.2, 0.25) is 17.7 Å². The lowest BCUT2D eigenvalue weighted by Gasteiger charge is -2.18. The molecule has 5 rings (SSSR count). The van der Waals surface area contributed by atoms with Crippen LogP contribution in [0.25, 0.3) is 5.82 Å². The number of aryl methyl sites for hydroxylation is 2. The van der Waals surface area contributed by atoms with E-state index in [-0.39, 0.29) is 18.2 Å². The molecule has 3 heterocycles. The second-order valence-electron chi connectivity index (χ2n) is 8.47. The fourth-order valence-electron chi connectivity index (χ4n) is 3.92. The van der Waals surface area contributed by atoms with Crippen LogP contribution in [0.1, 0.15) is 17.5 Å². The van der Waals surface area contributed by atoms with Gasteiger partial charge in [-0.3, -0.25) is 14.2 Å². The molecule has 2 amide bonds. The van der Waals surface area contributed by atoms with Gasteiger partial charge in [-0.05, 0) is 61.4 Å². The maximum Gasteiger partial charge on any atom is 0.229 e. The number of hydrogen-bond acceptors (Lipinski definition) is 6. The minimum atomic E-state index is -0.414. The van der Waals surface area contributed by atoms with E-state index in [0.717, 1.165) is 11.3 Å². The molecule has 1 saturated heterocycles. The number of nitrogens with one attached hydrogen (secondary N) is 1. The molecule has 1 atom stereocenters. The molecule has 0 saturated carbocycles. The molecule has 2 aromatic carbocycles. The summed E-state index contributed by atoms with van der Waals surface area (Å²) in [6, 6.07) is 14.6. The Morgan fingerprint density at radius 3 is 2.63 bits per heavy atom. The molecule has 0 radical (unpaired) electrons. The second kappa shape index (κ2) is 9.38. The number of rotatable bonds is 6.